The van der Waals surface area contributed by atoms with Gasteiger partial charge < -0.3 is 9.16 Å². The molecule has 4 fully saturated rings. The average molecular weight is 573 g/mol. The number of rotatable bonds is 4. The summed E-state index contributed by atoms with van der Waals surface area (Å²) in [5.41, 5.74) is 2.26. The van der Waals surface area contributed by atoms with Gasteiger partial charge in [-0.2, -0.15) is 0 Å². The predicted molar refractivity (Wildman–Crippen MR) is 173 cm³/mol. The van der Waals surface area contributed by atoms with E-state index >= 15 is 0 Å². The molecule has 5 aliphatic carbocycles. The molecule has 2 nitrogen and oxygen atoms in total. The summed E-state index contributed by atoms with van der Waals surface area (Å²) in [5, 5.41) is 0.233. The first-order chi connectivity index (χ1) is 18.9. The standard InChI is InChI=1S/C37H66O2Si/c1-31(2,3)40(12,13)39-30-17-18-34(8)28(33(30,6)7)16-19-36(10)29(34)15-14-26-27-24-32(4,5)20-22-37(27,25-38-11)23-21-35(26,36)9/h14,27-30H,15-25H2,1-13H3/t27-,28-,29+,30-,34-,35+,36+,37+/m0/s1/i25D2. The fourth-order valence-corrected chi connectivity index (χ4v) is 12.8. The Morgan fingerprint density at radius 1 is 0.900 bits per heavy atom. The molecule has 0 spiro atoms. The molecule has 4 saturated carbocycles. The zero-order valence-corrected chi connectivity index (χ0v) is 29.8. The minimum absolute atomic E-state index is 0.119. The van der Waals surface area contributed by atoms with Crippen molar-refractivity contribution in [1.29, 1.82) is 0 Å². The van der Waals surface area contributed by atoms with Crippen LogP contribution >= 0.6 is 0 Å². The van der Waals surface area contributed by atoms with E-state index in [1.165, 1.54) is 25.7 Å². The molecule has 3 heteroatoms. The van der Waals surface area contributed by atoms with Crippen LogP contribution in [-0.2, 0) is 9.16 Å². The van der Waals surface area contributed by atoms with E-state index in [1.54, 1.807) is 12.7 Å². The van der Waals surface area contributed by atoms with Gasteiger partial charge in [0.25, 0.3) is 0 Å². The first kappa shape index (κ1) is 28.6. The summed E-state index contributed by atoms with van der Waals surface area (Å²) in [5.74, 6) is 1.60. The van der Waals surface area contributed by atoms with Crippen LogP contribution in [0.5, 0.6) is 0 Å². The summed E-state index contributed by atoms with van der Waals surface area (Å²) in [6.07, 6.45) is 14.3. The molecule has 0 unspecified atom stereocenters. The Balaban J connectivity index is 1.52. The SMILES string of the molecule is [2H]C([2H])(OC)[C@]12CCC(C)(C)C[C@H]1C1=CC[C@@H]3[C@@]4(C)CC[C@H](O[Si](C)(C)C(C)(C)C)C(C)(C)[C@@H]4CC[C@@]3(C)[C@]1(C)CC2. The zero-order chi connectivity index (χ0) is 31.6. The first-order valence-corrected chi connectivity index (χ1v) is 19.8. The van der Waals surface area contributed by atoms with Crippen LogP contribution in [0.2, 0.25) is 18.1 Å². The van der Waals surface area contributed by atoms with E-state index in [4.69, 9.17) is 11.9 Å². The third kappa shape index (κ3) is 4.35. The maximum Gasteiger partial charge on any atom is 0.192 e. The Labute approximate surface area is 253 Å². The topological polar surface area (TPSA) is 18.5 Å². The van der Waals surface area contributed by atoms with E-state index in [-0.39, 0.29) is 32.6 Å². The molecular weight excluding hydrogens is 504 g/mol. The van der Waals surface area contributed by atoms with Crippen LogP contribution in [0.4, 0.5) is 0 Å². The quantitative estimate of drug-likeness (QED) is 0.246. The van der Waals surface area contributed by atoms with Gasteiger partial charge >= 0.3 is 0 Å². The highest BCUT2D eigenvalue weighted by Crippen LogP contribution is 2.76. The molecule has 0 aromatic carbocycles. The van der Waals surface area contributed by atoms with E-state index in [0.717, 1.165) is 38.5 Å². The van der Waals surface area contributed by atoms with Gasteiger partial charge in [-0.25, -0.2) is 0 Å². The molecule has 0 amide bonds. The molecule has 40 heavy (non-hydrogen) atoms. The van der Waals surface area contributed by atoms with Crippen molar-refractivity contribution in [3.63, 3.8) is 0 Å². The van der Waals surface area contributed by atoms with Gasteiger partial charge in [0.1, 0.15) is 0 Å². The fraction of sp³-hybridized carbons (Fsp3) is 0.946. The van der Waals surface area contributed by atoms with Crippen LogP contribution in [0.15, 0.2) is 11.6 Å². The summed E-state index contributed by atoms with van der Waals surface area (Å²) in [6.45, 7) is 28.3. The lowest BCUT2D eigenvalue weighted by Gasteiger charge is -2.72. The second-order valence-electron chi connectivity index (χ2n) is 18.9. The number of hydrogen-bond donors (Lipinski definition) is 0. The minimum atomic E-state index is -1.85. The minimum Gasteiger partial charge on any atom is -0.413 e. The highest BCUT2D eigenvalue weighted by Gasteiger charge is 2.68. The van der Waals surface area contributed by atoms with Crippen molar-refractivity contribution in [3.8, 4) is 0 Å². The van der Waals surface area contributed by atoms with Crippen LogP contribution in [0, 0.1) is 50.2 Å². The molecule has 5 rings (SSSR count). The fourth-order valence-electron chi connectivity index (χ4n) is 11.4. The summed E-state index contributed by atoms with van der Waals surface area (Å²) in [7, 11) is -0.253. The van der Waals surface area contributed by atoms with Crippen LogP contribution in [-0.4, -0.2) is 28.1 Å². The summed E-state index contributed by atoms with van der Waals surface area (Å²) in [4.78, 5) is 0. The molecule has 0 saturated heterocycles. The number of methoxy groups -OCH3 is 1. The third-order valence-electron chi connectivity index (χ3n) is 15.1. The number of ether oxygens (including phenoxy) is 1. The van der Waals surface area contributed by atoms with Gasteiger partial charge in [0.05, 0.1) is 15.4 Å². The lowest BCUT2D eigenvalue weighted by Crippen LogP contribution is -2.65. The van der Waals surface area contributed by atoms with Gasteiger partial charge in [-0.15, -0.1) is 0 Å². The second kappa shape index (κ2) is 9.44. The third-order valence-corrected chi connectivity index (χ3v) is 19.6. The Bertz CT molecular complexity index is 1100. The largest absolute Gasteiger partial charge is 0.413 e. The molecule has 0 radical (unpaired) electrons. The molecule has 8 atom stereocenters. The Kier molecular flexibility index (Phi) is 6.76. The molecule has 5 aliphatic rings. The Morgan fingerprint density at radius 3 is 2.17 bits per heavy atom. The van der Waals surface area contributed by atoms with E-state index in [1.807, 2.05) is 0 Å². The molecular formula is C37H66O2Si. The lowest BCUT2D eigenvalue weighted by molar-refractivity contribution is -0.202. The van der Waals surface area contributed by atoms with Crippen LogP contribution in [0.25, 0.3) is 0 Å². The van der Waals surface area contributed by atoms with Gasteiger partial charge in [0.2, 0.25) is 0 Å². The van der Waals surface area contributed by atoms with Crippen molar-refractivity contribution < 1.29 is 11.9 Å². The van der Waals surface area contributed by atoms with Crippen molar-refractivity contribution in [2.45, 2.75) is 158 Å². The van der Waals surface area contributed by atoms with Gasteiger partial charge in [-0.05, 0) is 127 Å². The monoisotopic (exact) mass is 572 g/mol. The molecule has 0 bridgehead atoms. The highest BCUT2D eigenvalue weighted by atomic mass is 28.4. The van der Waals surface area contributed by atoms with Crippen molar-refractivity contribution in [2.24, 2.45) is 50.2 Å². The van der Waals surface area contributed by atoms with Crippen LogP contribution in [0.3, 0.4) is 0 Å². The highest BCUT2D eigenvalue weighted by molar-refractivity contribution is 6.74. The van der Waals surface area contributed by atoms with Crippen molar-refractivity contribution in [1.82, 2.24) is 0 Å². The molecule has 0 aromatic rings. The maximum absolute atomic E-state index is 9.14. The van der Waals surface area contributed by atoms with E-state index in [2.05, 4.69) is 88.4 Å². The van der Waals surface area contributed by atoms with Gasteiger partial charge in [0.15, 0.2) is 8.32 Å². The second-order valence-corrected chi connectivity index (χ2v) is 23.7. The summed E-state index contributed by atoms with van der Waals surface area (Å²) >= 11 is 0. The Hall–Kier alpha value is -0.123. The smallest absolute Gasteiger partial charge is 0.192 e. The van der Waals surface area contributed by atoms with Gasteiger partial charge in [0, 0.05) is 12.5 Å². The number of hydrogen-bond acceptors (Lipinski definition) is 2. The normalized spacial score (nSPS) is 47.5. The van der Waals surface area contributed by atoms with Crippen molar-refractivity contribution >= 4 is 8.32 Å². The van der Waals surface area contributed by atoms with E-state index in [0.29, 0.717) is 23.4 Å². The van der Waals surface area contributed by atoms with Crippen LogP contribution in [0.1, 0.15) is 136 Å². The summed E-state index contributed by atoms with van der Waals surface area (Å²) in [6, 6.07) is 0. The first-order valence-electron chi connectivity index (χ1n) is 17.9. The van der Waals surface area contributed by atoms with Crippen molar-refractivity contribution in [2.75, 3.05) is 13.7 Å². The molecule has 230 valence electrons. The molecule has 0 aromatic heterocycles. The molecule has 0 N–H and O–H groups in total. The van der Waals surface area contributed by atoms with Crippen LogP contribution < -0.4 is 0 Å². The predicted octanol–water partition coefficient (Wildman–Crippen LogP) is 10.8. The van der Waals surface area contributed by atoms with Gasteiger partial charge in [-0.3, -0.25) is 0 Å². The average Bonchev–Trinajstić information content (AvgIpc) is 2.85. The zero-order valence-electron chi connectivity index (χ0n) is 30.8. The molecule has 0 aliphatic heterocycles. The maximum atomic E-state index is 9.14. The van der Waals surface area contributed by atoms with Gasteiger partial charge in [-0.1, -0.05) is 80.9 Å². The summed E-state index contributed by atoms with van der Waals surface area (Å²) < 4.78 is 31.2. The Morgan fingerprint density at radius 2 is 1.55 bits per heavy atom. The number of fused-ring (bicyclic) bond motifs is 7. The molecule has 0 heterocycles. The van der Waals surface area contributed by atoms with E-state index < -0.39 is 20.3 Å². The van der Waals surface area contributed by atoms with Crippen molar-refractivity contribution in [3.05, 3.63) is 11.6 Å². The van der Waals surface area contributed by atoms with E-state index in [9.17, 15) is 0 Å². The lowest BCUT2D eigenvalue weighted by atomic mass is 9.33. The number of allylic oxidation sites excluding steroid dienone is 2.